The van der Waals surface area contributed by atoms with Crippen LogP contribution in [0.3, 0.4) is 0 Å². The van der Waals surface area contributed by atoms with E-state index in [1.165, 1.54) is 25.7 Å². The van der Waals surface area contributed by atoms with E-state index >= 15 is 0 Å². The van der Waals surface area contributed by atoms with Crippen LogP contribution in [0.25, 0.3) is 0 Å². The number of benzene rings is 1. The molecule has 5 heteroatoms. The molecule has 0 bridgehead atoms. The number of carboxylic acids is 1. The second kappa shape index (κ2) is 7.99. The van der Waals surface area contributed by atoms with E-state index in [2.05, 4.69) is 5.16 Å². The first-order valence-corrected chi connectivity index (χ1v) is 8.26. The Labute approximate surface area is 137 Å². The lowest BCUT2D eigenvalue weighted by Crippen LogP contribution is -2.26. The molecule has 0 aliphatic heterocycles. The third-order valence-corrected chi connectivity index (χ3v) is 4.50. The summed E-state index contributed by atoms with van der Waals surface area (Å²) in [7, 11) is 0. The van der Waals surface area contributed by atoms with Crippen molar-refractivity contribution in [2.24, 2.45) is 11.1 Å². The zero-order chi connectivity index (χ0) is 16.8. The highest BCUT2D eigenvalue weighted by atomic mass is 16.5. The minimum absolute atomic E-state index is 0.404. The molecule has 1 atom stereocenters. The predicted octanol–water partition coefficient (Wildman–Crippen LogP) is 4.00. The van der Waals surface area contributed by atoms with E-state index in [0.29, 0.717) is 23.8 Å². The number of oxime groups is 1. The Morgan fingerprint density at radius 2 is 2.09 bits per heavy atom. The molecule has 0 saturated heterocycles. The lowest BCUT2D eigenvalue weighted by atomic mass is 9.95. The van der Waals surface area contributed by atoms with E-state index in [1.807, 2.05) is 19.1 Å². The lowest BCUT2D eigenvalue weighted by molar-refractivity contribution is -0.145. The highest BCUT2D eigenvalue weighted by Crippen LogP contribution is 2.30. The first-order valence-electron chi connectivity index (χ1n) is 8.26. The molecule has 0 heterocycles. The molecular weight excluding hydrogens is 294 g/mol. The summed E-state index contributed by atoms with van der Waals surface area (Å²) in [6, 6.07) is 5.49. The average Bonchev–Trinajstić information content (AvgIpc) is 3.04. The number of aliphatic carboxylic acids is 1. The zero-order valence-corrected chi connectivity index (χ0v) is 13.8. The maximum Gasteiger partial charge on any atom is 0.344 e. The van der Waals surface area contributed by atoms with Crippen molar-refractivity contribution in [3.63, 3.8) is 0 Å². The molecule has 1 aromatic rings. The van der Waals surface area contributed by atoms with E-state index in [4.69, 9.17) is 9.84 Å². The minimum atomic E-state index is -0.963. The number of nitrogens with zero attached hydrogens (tertiary/aromatic N) is 1. The van der Waals surface area contributed by atoms with Crippen LogP contribution in [0.4, 0.5) is 0 Å². The molecule has 1 saturated carbocycles. The monoisotopic (exact) mass is 319 g/mol. The number of hydrogen-bond acceptors (Lipinski definition) is 4. The zero-order valence-electron chi connectivity index (χ0n) is 13.8. The van der Waals surface area contributed by atoms with Crippen molar-refractivity contribution >= 4 is 11.7 Å². The molecule has 0 spiro atoms. The number of carbonyl (C=O) groups is 1. The largest absolute Gasteiger partial charge is 0.479 e. The maximum atomic E-state index is 11.1. The smallest absolute Gasteiger partial charge is 0.344 e. The van der Waals surface area contributed by atoms with Gasteiger partial charge in [-0.05, 0) is 55.0 Å². The summed E-state index contributed by atoms with van der Waals surface area (Å²) in [5.74, 6) is 0.185. The molecule has 1 aromatic carbocycles. The SMILES string of the molecule is CCC(Oc1ccc(C(CC2CCCC2)=NO)cc1C)C(=O)O. The quantitative estimate of drug-likeness (QED) is 0.452. The number of aryl methyl sites for hydroxylation is 1. The number of ether oxygens (including phenoxy) is 1. The normalized spacial score (nSPS) is 17.2. The molecule has 1 unspecified atom stereocenters. The summed E-state index contributed by atoms with van der Waals surface area (Å²) < 4.78 is 5.56. The number of rotatable bonds is 7. The van der Waals surface area contributed by atoms with Gasteiger partial charge in [-0.25, -0.2) is 4.79 Å². The van der Waals surface area contributed by atoms with Crippen LogP contribution in [0.1, 0.15) is 56.6 Å². The van der Waals surface area contributed by atoms with Gasteiger partial charge in [0.15, 0.2) is 6.10 Å². The molecule has 1 aliphatic rings. The second-order valence-corrected chi connectivity index (χ2v) is 6.23. The third-order valence-electron chi connectivity index (χ3n) is 4.50. The van der Waals surface area contributed by atoms with Gasteiger partial charge in [0.2, 0.25) is 0 Å². The number of hydrogen-bond donors (Lipinski definition) is 2. The van der Waals surface area contributed by atoms with Crippen LogP contribution in [-0.4, -0.2) is 28.1 Å². The molecule has 126 valence electrons. The van der Waals surface area contributed by atoms with Crippen molar-refractivity contribution in [2.75, 3.05) is 0 Å². The van der Waals surface area contributed by atoms with Crippen molar-refractivity contribution in [2.45, 2.75) is 58.5 Å². The summed E-state index contributed by atoms with van der Waals surface area (Å²) in [5.41, 5.74) is 2.40. The summed E-state index contributed by atoms with van der Waals surface area (Å²) in [6.07, 6.45) is 5.23. The minimum Gasteiger partial charge on any atom is -0.479 e. The Balaban J connectivity index is 2.12. The highest BCUT2D eigenvalue weighted by Gasteiger charge is 2.20. The van der Waals surface area contributed by atoms with E-state index < -0.39 is 12.1 Å². The van der Waals surface area contributed by atoms with Gasteiger partial charge in [0.1, 0.15) is 5.75 Å². The van der Waals surface area contributed by atoms with Gasteiger partial charge in [0.05, 0.1) is 5.71 Å². The van der Waals surface area contributed by atoms with Crippen LogP contribution in [-0.2, 0) is 4.79 Å². The van der Waals surface area contributed by atoms with E-state index in [1.54, 1.807) is 13.0 Å². The lowest BCUT2D eigenvalue weighted by Gasteiger charge is -2.16. The van der Waals surface area contributed by atoms with Gasteiger partial charge in [-0.1, -0.05) is 37.8 Å². The van der Waals surface area contributed by atoms with Crippen molar-refractivity contribution < 1.29 is 19.8 Å². The van der Waals surface area contributed by atoms with Crippen molar-refractivity contribution in [3.8, 4) is 5.75 Å². The van der Waals surface area contributed by atoms with Gasteiger partial charge in [0, 0.05) is 0 Å². The Kier molecular flexibility index (Phi) is 6.02. The van der Waals surface area contributed by atoms with Gasteiger partial charge in [-0.3, -0.25) is 0 Å². The van der Waals surface area contributed by atoms with E-state index in [-0.39, 0.29) is 0 Å². The first kappa shape index (κ1) is 17.3. The van der Waals surface area contributed by atoms with Crippen LogP contribution >= 0.6 is 0 Å². The standard InChI is InChI=1S/C18H25NO4/c1-3-16(18(20)21)23-17-9-8-14(10-12(17)2)15(19-22)11-13-6-4-5-7-13/h8-10,13,16,22H,3-7,11H2,1-2H3,(H,20,21). The van der Waals surface area contributed by atoms with Gasteiger partial charge >= 0.3 is 5.97 Å². The number of carboxylic acid groups (broad SMARTS) is 1. The van der Waals surface area contributed by atoms with Gasteiger partial charge in [-0.2, -0.15) is 0 Å². The van der Waals surface area contributed by atoms with Crippen LogP contribution in [0.15, 0.2) is 23.4 Å². The van der Waals surface area contributed by atoms with Crippen molar-refractivity contribution in [3.05, 3.63) is 29.3 Å². The molecule has 0 radical (unpaired) electrons. The second-order valence-electron chi connectivity index (χ2n) is 6.23. The summed E-state index contributed by atoms with van der Waals surface area (Å²) in [6.45, 7) is 3.65. The Morgan fingerprint density at radius 1 is 1.39 bits per heavy atom. The molecule has 1 aliphatic carbocycles. The molecule has 0 amide bonds. The molecule has 23 heavy (non-hydrogen) atoms. The molecule has 0 aromatic heterocycles. The highest BCUT2D eigenvalue weighted by molar-refractivity contribution is 6.00. The van der Waals surface area contributed by atoms with Crippen molar-refractivity contribution in [1.82, 2.24) is 0 Å². The summed E-state index contributed by atoms with van der Waals surface area (Å²) in [4.78, 5) is 11.1. The Bertz CT molecular complexity index is 576. The topological polar surface area (TPSA) is 79.1 Å². The van der Waals surface area contributed by atoms with Gasteiger partial charge in [-0.15, -0.1) is 0 Å². The van der Waals surface area contributed by atoms with Crippen LogP contribution in [0.2, 0.25) is 0 Å². The van der Waals surface area contributed by atoms with Gasteiger partial charge in [0.25, 0.3) is 0 Å². The Morgan fingerprint density at radius 3 is 2.61 bits per heavy atom. The molecule has 2 rings (SSSR count). The van der Waals surface area contributed by atoms with E-state index in [0.717, 1.165) is 17.5 Å². The molecule has 5 nitrogen and oxygen atoms in total. The van der Waals surface area contributed by atoms with Crippen LogP contribution < -0.4 is 4.74 Å². The van der Waals surface area contributed by atoms with E-state index in [9.17, 15) is 10.0 Å². The predicted molar refractivity (Wildman–Crippen MR) is 88.4 cm³/mol. The van der Waals surface area contributed by atoms with Crippen molar-refractivity contribution in [1.29, 1.82) is 0 Å². The average molecular weight is 319 g/mol. The van der Waals surface area contributed by atoms with Gasteiger partial charge < -0.3 is 15.1 Å². The first-order chi connectivity index (χ1) is 11.0. The Hall–Kier alpha value is -2.04. The fourth-order valence-electron chi connectivity index (χ4n) is 3.13. The molecule has 2 N–H and O–H groups in total. The van der Waals surface area contributed by atoms with Crippen LogP contribution in [0, 0.1) is 12.8 Å². The molecule has 1 fully saturated rings. The van der Waals surface area contributed by atoms with Crippen LogP contribution in [0.5, 0.6) is 5.75 Å². The maximum absolute atomic E-state index is 11.1. The fraction of sp³-hybridized carbons (Fsp3) is 0.556. The molecular formula is C18H25NO4. The summed E-state index contributed by atoms with van der Waals surface area (Å²) in [5, 5.41) is 21.9. The summed E-state index contributed by atoms with van der Waals surface area (Å²) >= 11 is 0. The fourth-order valence-corrected chi connectivity index (χ4v) is 3.13. The third kappa shape index (κ3) is 4.47.